The van der Waals surface area contributed by atoms with Gasteiger partial charge in [0, 0.05) is 0 Å². The van der Waals surface area contributed by atoms with E-state index in [0.29, 0.717) is 0 Å². The average Bonchev–Trinajstić information content (AvgIpc) is 2.41. The van der Waals surface area contributed by atoms with Gasteiger partial charge in [-0.3, -0.25) is 0 Å². The van der Waals surface area contributed by atoms with Gasteiger partial charge in [0.2, 0.25) is 0 Å². The summed E-state index contributed by atoms with van der Waals surface area (Å²) in [6.45, 7) is 0. The van der Waals surface area contributed by atoms with Gasteiger partial charge < -0.3 is 4.74 Å². The summed E-state index contributed by atoms with van der Waals surface area (Å²) in [7, 11) is 1.67. The van der Waals surface area contributed by atoms with Crippen LogP contribution in [0.2, 0.25) is 5.02 Å². The summed E-state index contributed by atoms with van der Waals surface area (Å²) in [6.07, 6.45) is 6.24. The largest absolute Gasteiger partial charge is 0.495 e. The summed E-state index contributed by atoms with van der Waals surface area (Å²) in [5.41, 5.74) is 2.83. The van der Waals surface area contributed by atoms with E-state index in [1.54, 1.807) is 7.11 Å². The van der Waals surface area contributed by atoms with Gasteiger partial charge in [-0.15, -0.1) is 0 Å². The topological polar surface area (TPSA) is 9.23 Å². The molecule has 0 fully saturated rings. The van der Waals surface area contributed by atoms with Gasteiger partial charge in [0.25, 0.3) is 0 Å². The van der Waals surface area contributed by atoms with Gasteiger partial charge in [-0.05, 0) is 48.9 Å². The first-order chi connectivity index (χ1) is 6.81. The molecule has 0 heterocycles. The number of rotatable bonds is 1. The molecule has 0 bridgehead atoms. The molecular weight excluding hydrogens is 196 g/mol. The van der Waals surface area contributed by atoms with Crippen molar-refractivity contribution in [2.75, 3.05) is 7.11 Å². The lowest BCUT2D eigenvalue weighted by atomic mass is 10.0. The summed E-state index contributed by atoms with van der Waals surface area (Å²) in [5, 5.41) is 0.744. The number of ether oxygens (including phenoxy) is 1. The van der Waals surface area contributed by atoms with E-state index in [9.17, 15) is 0 Å². The Labute approximate surface area is 90.0 Å². The van der Waals surface area contributed by atoms with Crippen LogP contribution in [-0.2, 0) is 12.8 Å². The van der Waals surface area contributed by atoms with Gasteiger partial charge in [-0.25, -0.2) is 0 Å². The number of hydrogen-bond acceptors (Lipinski definition) is 1. The van der Waals surface area contributed by atoms with Crippen LogP contribution in [0.3, 0.4) is 0 Å². The average molecular weight is 211 g/mol. The third kappa shape index (κ3) is 1.88. The second-order valence-corrected chi connectivity index (χ2v) is 4.22. The van der Waals surface area contributed by atoms with Gasteiger partial charge in [-0.2, -0.15) is 0 Å². The van der Waals surface area contributed by atoms with Gasteiger partial charge >= 0.3 is 0 Å². The molecule has 1 aliphatic rings. The molecule has 1 aliphatic carbocycles. The highest BCUT2D eigenvalue weighted by Crippen LogP contribution is 2.31. The highest BCUT2D eigenvalue weighted by atomic mass is 35.5. The normalized spacial score (nSPS) is 15.9. The predicted molar refractivity (Wildman–Crippen MR) is 59.3 cm³/mol. The first kappa shape index (κ1) is 9.85. The fraction of sp³-hybridized carbons (Fsp3) is 0.500. The Bertz CT molecular complexity index is 333. The van der Waals surface area contributed by atoms with Gasteiger partial charge in [0.05, 0.1) is 12.1 Å². The molecule has 0 saturated carbocycles. The smallest absolute Gasteiger partial charge is 0.137 e. The second-order valence-electron chi connectivity index (χ2n) is 3.82. The van der Waals surface area contributed by atoms with Crippen molar-refractivity contribution < 1.29 is 4.74 Å². The summed E-state index contributed by atoms with van der Waals surface area (Å²) in [4.78, 5) is 0. The zero-order chi connectivity index (χ0) is 9.97. The number of aryl methyl sites for hydroxylation is 2. The van der Waals surface area contributed by atoms with E-state index in [4.69, 9.17) is 16.3 Å². The molecule has 0 N–H and O–H groups in total. The van der Waals surface area contributed by atoms with E-state index < -0.39 is 0 Å². The number of benzene rings is 1. The molecule has 1 aromatic rings. The molecule has 1 nitrogen and oxygen atoms in total. The minimum absolute atomic E-state index is 0.744. The zero-order valence-corrected chi connectivity index (χ0v) is 9.23. The Balaban J connectivity index is 2.41. The van der Waals surface area contributed by atoms with Crippen LogP contribution < -0.4 is 4.74 Å². The summed E-state index contributed by atoms with van der Waals surface area (Å²) in [6, 6.07) is 4.17. The first-order valence-corrected chi connectivity index (χ1v) is 5.54. The number of hydrogen-bond donors (Lipinski definition) is 0. The van der Waals surface area contributed by atoms with Crippen LogP contribution in [0.15, 0.2) is 12.1 Å². The summed E-state index contributed by atoms with van der Waals surface area (Å²) >= 11 is 6.09. The molecule has 0 amide bonds. The van der Waals surface area contributed by atoms with Gasteiger partial charge in [0.1, 0.15) is 5.75 Å². The molecule has 0 aliphatic heterocycles. The summed E-state index contributed by atoms with van der Waals surface area (Å²) in [5.74, 6) is 0.812. The Morgan fingerprint density at radius 1 is 1.07 bits per heavy atom. The molecule has 0 radical (unpaired) electrons. The highest BCUT2D eigenvalue weighted by molar-refractivity contribution is 6.32. The Morgan fingerprint density at radius 3 is 2.36 bits per heavy atom. The lowest BCUT2D eigenvalue weighted by Crippen LogP contribution is -1.93. The van der Waals surface area contributed by atoms with Crippen molar-refractivity contribution in [3.05, 3.63) is 28.3 Å². The molecule has 76 valence electrons. The van der Waals surface area contributed by atoms with Crippen LogP contribution in [0.5, 0.6) is 5.75 Å². The maximum Gasteiger partial charge on any atom is 0.137 e. The van der Waals surface area contributed by atoms with E-state index in [1.165, 1.54) is 43.2 Å². The maximum atomic E-state index is 6.09. The number of methoxy groups -OCH3 is 1. The molecule has 0 unspecified atom stereocenters. The van der Waals surface area contributed by atoms with Crippen molar-refractivity contribution in [2.24, 2.45) is 0 Å². The minimum atomic E-state index is 0.744. The first-order valence-electron chi connectivity index (χ1n) is 5.16. The molecule has 0 saturated heterocycles. The van der Waals surface area contributed by atoms with Crippen LogP contribution in [0.4, 0.5) is 0 Å². The SMILES string of the molecule is COc1cc2c(cc1Cl)CCCCC2. The van der Waals surface area contributed by atoms with Gasteiger partial charge in [0.15, 0.2) is 0 Å². The van der Waals surface area contributed by atoms with Crippen LogP contribution in [-0.4, -0.2) is 7.11 Å². The quantitative estimate of drug-likeness (QED) is 0.644. The van der Waals surface area contributed by atoms with E-state index in [0.717, 1.165) is 10.8 Å². The van der Waals surface area contributed by atoms with Crippen LogP contribution in [0, 0.1) is 0 Å². The van der Waals surface area contributed by atoms with E-state index in [2.05, 4.69) is 12.1 Å². The van der Waals surface area contributed by atoms with E-state index >= 15 is 0 Å². The van der Waals surface area contributed by atoms with Crippen LogP contribution >= 0.6 is 11.6 Å². The van der Waals surface area contributed by atoms with E-state index in [-0.39, 0.29) is 0 Å². The fourth-order valence-electron chi connectivity index (χ4n) is 2.07. The monoisotopic (exact) mass is 210 g/mol. The van der Waals surface area contributed by atoms with Crippen molar-refractivity contribution in [3.8, 4) is 5.75 Å². The molecule has 0 atom stereocenters. The van der Waals surface area contributed by atoms with Crippen LogP contribution in [0.1, 0.15) is 30.4 Å². The third-order valence-corrected chi connectivity index (χ3v) is 3.16. The minimum Gasteiger partial charge on any atom is -0.495 e. The van der Waals surface area contributed by atoms with Crippen molar-refractivity contribution >= 4 is 11.6 Å². The lowest BCUT2D eigenvalue weighted by Gasteiger charge is -2.09. The molecular formula is C12H15ClO. The maximum absolute atomic E-state index is 6.09. The molecule has 1 aromatic carbocycles. The molecule has 0 spiro atoms. The molecule has 2 heteroatoms. The predicted octanol–water partition coefficient (Wildman–Crippen LogP) is 3.62. The van der Waals surface area contributed by atoms with Crippen molar-refractivity contribution in [2.45, 2.75) is 32.1 Å². The Kier molecular flexibility index (Phi) is 2.97. The number of halogens is 1. The molecule has 14 heavy (non-hydrogen) atoms. The fourth-order valence-corrected chi connectivity index (χ4v) is 2.33. The third-order valence-electron chi connectivity index (χ3n) is 2.87. The summed E-state index contributed by atoms with van der Waals surface area (Å²) < 4.78 is 5.22. The highest BCUT2D eigenvalue weighted by Gasteiger charge is 2.11. The second kappa shape index (κ2) is 4.22. The van der Waals surface area contributed by atoms with E-state index in [1.807, 2.05) is 0 Å². The van der Waals surface area contributed by atoms with Crippen molar-refractivity contribution in [1.29, 1.82) is 0 Å². The van der Waals surface area contributed by atoms with Gasteiger partial charge in [-0.1, -0.05) is 18.0 Å². The number of fused-ring (bicyclic) bond motifs is 1. The molecule has 2 rings (SSSR count). The Hall–Kier alpha value is -0.690. The van der Waals surface area contributed by atoms with Crippen LogP contribution in [0.25, 0.3) is 0 Å². The lowest BCUT2D eigenvalue weighted by molar-refractivity contribution is 0.414. The van der Waals surface area contributed by atoms with Crippen molar-refractivity contribution in [3.63, 3.8) is 0 Å². The zero-order valence-electron chi connectivity index (χ0n) is 8.48. The Morgan fingerprint density at radius 2 is 1.71 bits per heavy atom. The van der Waals surface area contributed by atoms with Crippen molar-refractivity contribution in [1.82, 2.24) is 0 Å². The standard InChI is InChI=1S/C12H15ClO/c1-14-12-8-10-6-4-2-3-5-9(10)7-11(12)13/h7-8H,2-6H2,1H3. The molecule has 0 aromatic heterocycles.